The van der Waals surface area contributed by atoms with Gasteiger partial charge in [0.1, 0.15) is 6.10 Å². The molecule has 1 aromatic carbocycles. The zero-order valence-electron chi connectivity index (χ0n) is 16.2. The molecule has 0 spiro atoms. The van der Waals surface area contributed by atoms with Crippen molar-refractivity contribution in [2.45, 2.75) is 69.6 Å². The van der Waals surface area contributed by atoms with Crippen LogP contribution in [0.5, 0.6) is 0 Å². The summed E-state index contributed by atoms with van der Waals surface area (Å²) < 4.78 is 5.71. The van der Waals surface area contributed by atoms with Crippen LogP contribution < -0.4 is 0 Å². The zero-order chi connectivity index (χ0) is 18.8. The zero-order valence-corrected chi connectivity index (χ0v) is 16.2. The van der Waals surface area contributed by atoms with E-state index in [1.54, 1.807) is 6.92 Å². The van der Waals surface area contributed by atoms with E-state index >= 15 is 0 Å². The van der Waals surface area contributed by atoms with Crippen LogP contribution in [0, 0.1) is 0 Å². The average Bonchev–Trinajstić information content (AvgIpc) is 3.30. The Hall–Kier alpha value is -1.88. The van der Waals surface area contributed by atoms with E-state index in [4.69, 9.17) is 4.74 Å². The molecule has 1 unspecified atom stereocenters. The minimum absolute atomic E-state index is 0.0653. The lowest BCUT2D eigenvalue weighted by atomic mass is 9.87. The Morgan fingerprint density at radius 2 is 1.81 bits per heavy atom. The van der Waals surface area contributed by atoms with E-state index in [1.807, 2.05) is 11.0 Å². The van der Waals surface area contributed by atoms with Crippen molar-refractivity contribution < 1.29 is 14.3 Å². The Bertz CT molecular complexity index is 671. The number of hydrogen-bond acceptors (Lipinski definition) is 3. The molecule has 0 saturated carbocycles. The number of benzene rings is 1. The van der Waals surface area contributed by atoms with Crippen LogP contribution in [-0.2, 0) is 14.3 Å². The topological polar surface area (TPSA) is 49.9 Å². The minimum Gasteiger partial charge on any atom is -0.368 e. The highest BCUT2D eigenvalue weighted by Crippen LogP contribution is 2.40. The third-order valence-electron chi connectivity index (χ3n) is 6.48. The predicted molar refractivity (Wildman–Crippen MR) is 103 cm³/mol. The molecule has 2 amide bonds. The average molecular weight is 370 g/mol. The molecular formula is C22H30N2O3. The van der Waals surface area contributed by atoms with Crippen LogP contribution in [0.4, 0.5) is 0 Å². The molecule has 3 fully saturated rings. The molecule has 0 bridgehead atoms. The van der Waals surface area contributed by atoms with E-state index in [9.17, 15) is 9.59 Å². The van der Waals surface area contributed by atoms with E-state index in [1.165, 1.54) is 5.56 Å². The maximum absolute atomic E-state index is 13.3. The number of carbonyl (C=O) groups is 2. The summed E-state index contributed by atoms with van der Waals surface area (Å²) in [6.45, 7) is 3.83. The maximum Gasteiger partial charge on any atom is 0.252 e. The fourth-order valence-electron chi connectivity index (χ4n) is 5.20. The van der Waals surface area contributed by atoms with Crippen LogP contribution in [0.15, 0.2) is 30.3 Å². The summed E-state index contributed by atoms with van der Waals surface area (Å²) >= 11 is 0. The summed E-state index contributed by atoms with van der Waals surface area (Å²) in [5, 5.41) is 0. The van der Waals surface area contributed by atoms with E-state index in [0.29, 0.717) is 13.2 Å². The van der Waals surface area contributed by atoms with Crippen molar-refractivity contribution in [1.29, 1.82) is 0 Å². The standard InChI is InChI=1S/C22H30N2O3/c1-16(25)23-13-7-3-6-11-19-21(23)18(17-9-4-2-5-10-17)15-24(19)22(26)20-12-8-14-27-20/h2,4-5,9-10,18-21H,3,6-8,11-15H2,1H3/t18-,19+,20?,21-/m0/s1. The molecule has 3 aliphatic heterocycles. The first-order valence-electron chi connectivity index (χ1n) is 10.4. The molecule has 3 heterocycles. The first kappa shape index (κ1) is 18.5. The van der Waals surface area contributed by atoms with Gasteiger partial charge in [-0.3, -0.25) is 9.59 Å². The van der Waals surface area contributed by atoms with Crippen molar-refractivity contribution in [3.05, 3.63) is 35.9 Å². The van der Waals surface area contributed by atoms with Crippen LogP contribution in [0.1, 0.15) is 56.9 Å². The molecular weight excluding hydrogens is 340 g/mol. The Morgan fingerprint density at radius 3 is 2.52 bits per heavy atom. The van der Waals surface area contributed by atoms with Gasteiger partial charge in [0, 0.05) is 32.5 Å². The lowest BCUT2D eigenvalue weighted by Gasteiger charge is -2.39. The quantitative estimate of drug-likeness (QED) is 0.804. The largest absolute Gasteiger partial charge is 0.368 e. The summed E-state index contributed by atoms with van der Waals surface area (Å²) in [5.74, 6) is 0.424. The second-order valence-corrected chi connectivity index (χ2v) is 8.13. The van der Waals surface area contributed by atoms with Gasteiger partial charge in [-0.25, -0.2) is 0 Å². The van der Waals surface area contributed by atoms with Crippen molar-refractivity contribution >= 4 is 11.8 Å². The number of hydrogen-bond donors (Lipinski definition) is 0. The van der Waals surface area contributed by atoms with Crippen LogP contribution in [0.2, 0.25) is 0 Å². The van der Waals surface area contributed by atoms with E-state index in [2.05, 4.69) is 29.2 Å². The van der Waals surface area contributed by atoms with Crippen LogP contribution in [0.3, 0.4) is 0 Å². The first-order valence-corrected chi connectivity index (χ1v) is 10.4. The smallest absolute Gasteiger partial charge is 0.252 e. The van der Waals surface area contributed by atoms with Gasteiger partial charge in [0.15, 0.2) is 0 Å². The van der Waals surface area contributed by atoms with Gasteiger partial charge in [-0.2, -0.15) is 0 Å². The molecule has 1 aromatic rings. The summed E-state index contributed by atoms with van der Waals surface area (Å²) in [7, 11) is 0. The Labute approximate surface area is 161 Å². The number of fused-ring (bicyclic) bond motifs is 1. The molecule has 3 saturated heterocycles. The number of carbonyl (C=O) groups excluding carboxylic acids is 2. The van der Waals surface area contributed by atoms with Crippen molar-refractivity contribution in [2.24, 2.45) is 0 Å². The molecule has 0 aromatic heterocycles. The summed E-state index contributed by atoms with van der Waals surface area (Å²) in [6, 6.07) is 10.6. The van der Waals surface area contributed by atoms with Crippen LogP contribution in [-0.4, -0.2) is 59.5 Å². The maximum atomic E-state index is 13.3. The second-order valence-electron chi connectivity index (χ2n) is 8.13. The van der Waals surface area contributed by atoms with Crippen LogP contribution in [0.25, 0.3) is 0 Å². The number of nitrogens with zero attached hydrogens (tertiary/aromatic N) is 2. The van der Waals surface area contributed by atoms with Crippen molar-refractivity contribution in [1.82, 2.24) is 9.80 Å². The lowest BCUT2D eigenvalue weighted by molar-refractivity contribution is -0.144. The highest BCUT2D eigenvalue weighted by molar-refractivity contribution is 5.82. The second kappa shape index (κ2) is 8.01. The third kappa shape index (κ3) is 3.62. The number of amides is 2. The fraction of sp³-hybridized carbons (Fsp3) is 0.636. The molecule has 0 radical (unpaired) electrons. The van der Waals surface area contributed by atoms with E-state index < -0.39 is 0 Å². The number of ether oxygens (including phenoxy) is 1. The molecule has 5 nitrogen and oxygen atoms in total. The molecule has 146 valence electrons. The van der Waals surface area contributed by atoms with Gasteiger partial charge in [0.25, 0.3) is 5.91 Å². The van der Waals surface area contributed by atoms with E-state index in [-0.39, 0.29) is 35.9 Å². The Morgan fingerprint density at radius 1 is 1.00 bits per heavy atom. The molecule has 27 heavy (non-hydrogen) atoms. The SMILES string of the molecule is CC(=O)N1CCCCC[C@@H]2[C@@H]1[C@H](c1ccccc1)CN2C(=O)C1CCCO1. The van der Waals surface area contributed by atoms with Crippen molar-refractivity contribution in [3.8, 4) is 0 Å². The predicted octanol–water partition coefficient (Wildman–Crippen LogP) is 2.95. The van der Waals surface area contributed by atoms with Gasteiger partial charge in [0.2, 0.25) is 5.91 Å². The normalized spacial score (nSPS) is 31.3. The monoisotopic (exact) mass is 370 g/mol. The van der Waals surface area contributed by atoms with Crippen molar-refractivity contribution in [3.63, 3.8) is 0 Å². The number of rotatable bonds is 2. The Balaban J connectivity index is 1.69. The molecule has 3 aliphatic rings. The summed E-state index contributed by atoms with van der Waals surface area (Å²) in [6.07, 6.45) is 5.73. The van der Waals surface area contributed by atoms with Crippen LogP contribution >= 0.6 is 0 Å². The Kier molecular flexibility index (Phi) is 5.48. The molecule has 5 heteroatoms. The summed E-state index contributed by atoms with van der Waals surface area (Å²) in [4.78, 5) is 29.9. The van der Waals surface area contributed by atoms with Gasteiger partial charge < -0.3 is 14.5 Å². The summed E-state index contributed by atoms with van der Waals surface area (Å²) in [5.41, 5.74) is 1.22. The van der Waals surface area contributed by atoms with Gasteiger partial charge in [-0.15, -0.1) is 0 Å². The molecule has 4 atom stereocenters. The highest BCUT2D eigenvalue weighted by atomic mass is 16.5. The molecule has 0 aliphatic carbocycles. The molecule has 0 N–H and O–H groups in total. The highest BCUT2D eigenvalue weighted by Gasteiger charge is 2.49. The fourth-order valence-corrected chi connectivity index (χ4v) is 5.20. The lowest BCUT2D eigenvalue weighted by Crippen LogP contribution is -2.52. The van der Waals surface area contributed by atoms with Gasteiger partial charge >= 0.3 is 0 Å². The van der Waals surface area contributed by atoms with Gasteiger partial charge in [-0.05, 0) is 31.2 Å². The van der Waals surface area contributed by atoms with Gasteiger partial charge in [-0.1, -0.05) is 43.2 Å². The van der Waals surface area contributed by atoms with Gasteiger partial charge in [0.05, 0.1) is 12.1 Å². The number of likely N-dealkylation sites (tertiary alicyclic amines) is 2. The first-order chi connectivity index (χ1) is 13.2. The minimum atomic E-state index is -0.295. The van der Waals surface area contributed by atoms with Crippen molar-refractivity contribution in [2.75, 3.05) is 19.7 Å². The molecule has 4 rings (SSSR count). The van der Waals surface area contributed by atoms with E-state index in [0.717, 1.165) is 45.1 Å². The third-order valence-corrected chi connectivity index (χ3v) is 6.48.